The van der Waals surface area contributed by atoms with Crippen molar-refractivity contribution in [3.8, 4) is 11.1 Å². The predicted octanol–water partition coefficient (Wildman–Crippen LogP) is 4.71. The van der Waals surface area contributed by atoms with E-state index in [1.54, 1.807) is 12.1 Å². The van der Waals surface area contributed by atoms with Crippen LogP contribution in [0.1, 0.15) is 16.8 Å². The number of carboxylic acid groups (broad SMARTS) is 1. The Morgan fingerprint density at radius 3 is 1.92 bits per heavy atom. The van der Waals surface area contributed by atoms with Gasteiger partial charge in [0.2, 0.25) is 0 Å². The number of Topliss-reactive ketones (excluding diaryl/α,β-unsaturated/α-hetero) is 1. The molecule has 4 unspecified atom stereocenters. The van der Waals surface area contributed by atoms with E-state index in [2.05, 4.69) is 0 Å². The van der Waals surface area contributed by atoms with Gasteiger partial charge in [0.15, 0.2) is 5.78 Å². The first-order valence-corrected chi connectivity index (χ1v) is 8.74. The summed E-state index contributed by atoms with van der Waals surface area (Å²) in [6.07, 6.45) is 4.74. The molecule has 2 bridgehead atoms. The van der Waals surface area contributed by atoms with Gasteiger partial charge in [-0.3, -0.25) is 9.59 Å². The number of ketones is 1. The number of aliphatic carboxylic acids is 1. The topological polar surface area (TPSA) is 54.4 Å². The molecule has 2 aromatic rings. The summed E-state index contributed by atoms with van der Waals surface area (Å²) in [6, 6.07) is 14.9. The highest BCUT2D eigenvalue weighted by Crippen LogP contribution is 2.49. The molecule has 2 aliphatic carbocycles. The number of benzene rings is 2. The van der Waals surface area contributed by atoms with E-state index in [1.165, 1.54) is 0 Å². The molecule has 3 nitrogen and oxygen atoms in total. The lowest BCUT2D eigenvalue weighted by Crippen LogP contribution is -2.33. The van der Waals surface area contributed by atoms with Crippen LogP contribution in [-0.4, -0.2) is 16.9 Å². The zero-order chi connectivity index (χ0) is 17.6. The van der Waals surface area contributed by atoms with Gasteiger partial charge >= 0.3 is 5.97 Å². The Morgan fingerprint density at radius 1 is 0.840 bits per heavy atom. The van der Waals surface area contributed by atoms with Crippen molar-refractivity contribution in [2.45, 2.75) is 6.42 Å². The highest BCUT2D eigenvalue weighted by molar-refractivity contribution is 6.30. The van der Waals surface area contributed by atoms with Crippen molar-refractivity contribution in [2.75, 3.05) is 0 Å². The van der Waals surface area contributed by atoms with Crippen molar-refractivity contribution in [1.29, 1.82) is 0 Å². The largest absolute Gasteiger partial charge is 0.481 e. The number of carboxylic acids is 1. The Hall–Kier alpha value is -2.39. The molecule has 1 N–H and O–H groups in total. The fraction of sp³-hybridized carbons (Fsp3) is 0.238. The molecule has 0 radical (unpaired) electrons. The summed E-state index contributed by atoms with van der Waals surface area (Å²) in [6.45, 7) is 0. The van der Waals surface area contributed by atoms with Gasteiger partial charge in [-0.25, -0.2) is 0 Å². The van der Waals surface area contributed by atoms with E-state index in [0.29, 0.717) is 10.6 Å². The third-order valence-corrected chi connectivity index (χ3v) is 5.65. The summed E-state index contributed by atoms with van der Waals surface area (Å²) < 4.78 is 0. The fourth-order valence-corrected chi connectivity index (χ4v) is 4.30. The highest BCUT2D eigenvalue weighted by Gasteiger charge is 2.51. The smallest absolute Gasteiger partial charge is 0.307 e. The molecule has 1 saturated carbocycles. The molecular formula is C21H17ClO3. The van der Waals surface area contributed by atoms with E-state index >= 15 is 0 Å². The van der Waals surface area contributed by atoms with Crippen LogP contribution in [0.5, 0.6) is 0 Å². The van der Waals surface area contributed by atoms with Crippen LogP contribution in [0.2, 0.25) is 5.02 Å². The molecule has 1 fully saturated rings. The minimum atomic E-state index is -0.868. The van der Waals surface area contributed by atoms with Crippen LogP contribution >= 0.6 is 11.6 Å². The first-order valence-electron chi connectivity index (χ1n) is 8.36. The number of carbonyl (C=O) groups excluding carboxylic acids is 1. The summed E-state index contributed by atoms with van der Waals surface area (Å²) in [5, 5.41) is 10.2. The highest BCUT2D eigenvalue weighted by atomic mass is 35.5. The zero-order valence-electron chi connectivity index (χ0n) is 13.4. The number of halogens is 1. The maximum absolute atomic E-state index is 12.9. The Labute approximate surface area is 150 Å². The van der Waals surface area contributed by atoms with Crippen molar-refractivity contribution in [3.05, 3.63) is 71.3 Å². The average Bonchev–Trinajstić information content (AvgIpc) is 3.23. The lowest BCUT2D eigenvalue weighted by atomic mass is 9.78. The Bertz CT molecular complexity index is 852. The number of rotatable bonds is 4. The van der Waals surface area contributed by atoms with Gasteiger partial charge in [-0.15, -0.1) is 0 Å². The maximum atomic E-state index is 12.9. The van der Waals surface area contributed by atoms with Crippen LogP contribution in [0, 0.1) is 23.7 Å². The van der Waals surface area contributed by atoms with Crippen molar-refractivity contribution < 1.29 is 14.7 Å². The van der Waals surface area contributed by atoms with Crippen LogP contribution in [0.15, 0.2) is 60.7 Å². The van der Waals surface area contributed by atoms with Crippen LogP contribution in [-0.2, 0) is 4.79 Å². The number of carbonyl (C=O) groups is 2. The Morgan fingerprint density at radius 2 is 1.36 bits per heavy atom. The molecule has 2 aliphatic rings. The van der Waals surface area contributed by atoms with Gasteiger partial charge in [-0.05, 0) is 41.5 Å². The van der Waals surface area contributed by atoms with Gasteiger partial charge in [-0.1, -0.05) is 60.2 Å². The normalized spacial score (nSPS) is 26.8. The monoisotopic (exact) mass is 352 g/mol. The Balaban J connectivity index is 1.60. The second-order valence-electron chi connectivity index (χ2n) is 6.79. The van der Waals surface area contributed by atoms with Gasteiger partial charge in [-0.2, -0.15) is 0 Å². The molecule has 0 spiro atoms. The molecule has 2 aromatic carbocycles. The molecule has 0 heterocycles. The Kier molecular flexibility index (Phi) is 3.97. The molecule has 4 rings (SSSR count). The molecule has 0 amide bonds. The number of hydrogen-bond donors (Lipinski definition) is 1. The van der Waals surface area contributed by atoms with E-state index < -0.39 is 17.8 Å². The molecule has 4 heteroatoms. The SMILES string of the molecule is O=C(O)C1C2C=CC(C2)C1C(=O)c1ccc(-c2ccc(Cl)cc2)cc1. The van der Waals surface area contributed by atoms with Gasteiger partial charge in [0, 0.05) is 16.5 Å². The summed E-state index contributed by atoms with van der Waals surface area (Å²) in [5.41, 5.74) is 2.60. The second kappa shape index (κ2) is 6.16. The van der Waals surface area contributed by atoms with Gasteiger partial charge in [0.1, 0.15) is 0 Å². The van der Waals surface area contributed by atoms with E-state index in [-0.39, 0.29) is 17.6 Å². The van der Waals surface area contributed by atoms with Crippen LogP contribution in [0.3, 0.4) is 0 Å². The van der Waals surface area contributed by atoms with E-state index in [9.17, 15) is 14.7 Å². The second-order valence-corrected chi connectivity index (χ2v) is 7.22. The van der Waals surface area contributed by atoms with E-state index in [1.807, 2.05) is 48.6 Å². The molecular weight excluding hydrogens is 336 g/mol. The van der Waals surface area contributed by atoms with E-state index in [0.717, 1.165) is 17.5 Å². The first kappa shape index (κ1) is 16.1. The molecule has 25 heavy (non-hydrogen) atoms. The van der Waals surface area contributed by atoms with Crippen molar-refractivity contribution in [2.24, 2.45) is 23.7 Å². The third-order valence-electron chi connectivity index (χ3n) is 5.39. The number of hydrogen-bond acceptors (Lipinski definition) is 2. The minimum absolute atomic E-state index is 0.00945. The summed E-state index contributed by atoms with van der Waals surface area (Å²) in [4.78, 5) is 24.5. The lowest BCUT2D eigenvalue weighted by Gasteiger charge is -2.23. The summed E-state index contributed by atoms with van der Waals surface area (Å²) in [7, 11) is 0. The molecule has 0 saturated heterocycles. The number of fused-ring (bicyclic) bond motifs is 2. The van der Waals surface area contributed by atoms with E-state index in [4.69, 9.17) is 11.6 Å². The zero-order valence-corrected chi connectivity index (χ0v) is 14.2. The van der Waals surface area contributed by atoms with Crippen molar-refractivity contribution in [3.63, 3.8) is 0 Å². The fourth-order valence-electron chi connectivity index (χ4n) is 4.18. The molecule has 0 aliphatic heterocycles. The molecule has 0 aromatic heterocycles. The standard InChI is InChI=1S/C21H17ClO3/c22-17-9-7-13(8-10-17)12-1-3-14(4-2-12)20(23)18-15-5-6-16(11-15)19(18)21(24)25/h1-10,15-16,18-19H,11H2,(H,24,25). The van der Waals surface area contributed by atoms with Gasteiger partial charge in [0.25, 0.3) is 0 Å². The number of allylic oxidation sites excluding steroid dienone is 2. The summed E-state index contributed by atoms with van der Waals surface area (Å²) >= 11 is 5.91. The van der Waals surface area contributed by atoms with Crippen molar-refractivity contribution >= 4 is 23.4 Å². The lowest BCUT2D eigenvalue weighted by molar-refractivity contribution is -0.143. The van der Waals surface area contributed by atoms with Crippen LogP contribution in [0.25, 0.3) is 11.1 Å². The minimum Gasteiger partial charge on any atom is -0.481 e. The molecule has 126 valence electrons. The molecule has 4 atom stereocenters. The average molecular weight is 353 g/mol. The quantitative estimate of drug-likeness (QED) is 0.640. The van der Waals surface area contributed by atoms with Crippen LogP contribution < -0.4 is 0 Å². The third kappa shape index (κ3) is 2.79. The predicted molar refractivity (Wildman–Crippen MR) is 96.6 cm³/mol. The van der Waals surface area contributed by atoms with Crippen molar-refractivity contribution in [1.82, 2.24) is 0 Å². The van der Waals surface area contributed by atoms with Gasteiger partial charge < -0.3 is 5.11 Å². The summed E-state index contributed by atoms with van der Waals surface area (Å²) in [5.74, 6) is -1.94. The van der Waals surface area contributed by atoms with Crippen LogP contribution in [0.4, 0.5) is 0 Å². The van der Waals surface area contributed by atoms with Gasteiger partial charge in [0.05, 0.1) is 5.92 Å². The first-order chi connectivity index (χ1) is 12.0. The maximum Gasteiger partial charge on any atom is 0.307 e.